The highest BCUT2D eigenvalue weighted by atomic mass is 16.5. The molecule has 1 aliphatic heterocycles. The summed E-state index contributed by atoms with van der Waals surface area (Å²) in [5, 5.41) is 18.3. The van der Waals surface area contributed by atoms with Gasteiger partial charge in [-0.1, -0.05) is 0 Å². The van der Waals surface area contributed by atoms with E-state index in [4.69, 9.17) is 14.6 Å². The van der Waals surface area contributed by atoms with E-state index in [-0.39, 0.29) is 13.2 Å². The van der Waals surface area contributed by atoms with Crippen molar-refractivity contribution in [3.05, 3.63) is 18.0 Å². The first-order valence-corrected chi connectivity index (χ1v) is 6.30. The predicted octanol–water partition coefficient (Wildman–Crippen LogP) is 0.775. The number of aliphatic hydroxyl groups is 1. The maximum Gasteiger partial charge on any atom is 0.323 e. The minimum atomic E-state index is -0.994. The molecule has 0 saturated heterocycles. The molecule has 1 aromatic heterocycles. The highest BCUT2D eigenvalue weighted by Crippen LogP contribution is 2.34. The number of nitrogens with zero attached hydrogens (tertiary/aromatic N) is 2. The minimum Gasteiger partial charge on any atom is -0.489 e. The molecule has 2 N–H and O–H groups in total. The van der Waals surface area contributed by atoms with Crippen LogP contribution in [0.25, 0.3) is 11.0 Å². The molecule has 2 heterocycles. The van der Waals surface area contributed by atoms with Gasteiger partial charge < -0.3 is 24.3 Å². The Balaban J connectivity index is 2.16. The molecule has 20 heavy (non-hydrogen) atoms. The average molecular weight is 278 g/mol. The van der Waals surface area contributed by atoms with E-state index in [2.05, 4.69) is 4.98 Å². The van der Waals surface area contributed by atoms with Crippen LogP contribution in [0.4, 0.5) is 0 Å². The van der Waals surface area contributed by atoms with Gasteiger partial charge in [-0.15, -0.1) is 0 Å². The molecule has 0 fully saturated rings. The summed E-state index contributed by atoms with van der Waals surface area (Å²) in [7, 11) is 0. The van der Waals surface area contributed by atoms with Gasteiger partial charge in [-0.3, -0.25) is 4.79 Å². The van der Waals surface area contributed by atoms with E-state index in [0.29, 0.717) is 41.6 Å². The second-order valence-corrected chi connectivity index (χ2v) is 4.50. The van der Waals surface area contributed by atoms with Gasteiger partial charge in [0.25, 0.3) is 0 Å². The molecule has 0 atom stereocenters. The molecule has 0 unspecified atom stereocenters. The van der Waals surface area contributed by atoms with Crippen molar-refractivity contribution >= 4 is 17.0 Å². The molecule has 106 valence electrons. The molecule has 0 aliphatic carbocycles. The Morgan fingerprint density at radius 2 is 2.00 bits per heavy atom. The number of carbonyl (C=O) groups is 1. The second-order valence-electron chi connectivity index (χ2n) is 4.50. The molecule has 0 bridgehead atoms. The quantitative estimate of drug-likeness (QED) is 0.861. The number of rotatable bonds is 3. The lowest BCUT2D eigenvalue weighted by atomic mass is 10.2. The summed E-state index contributed by atoms with van der Waals surface area (Å²) in [6.45, 7) is 0.542. The van der Waals surface area contributed by atoms with Crippen LogP contribution in [0.2, 0.25) is 0 Å². The summed E-state index contributed by atoms with van der Waals surface area (Å²) in [6, 6.07) is 3.43. The molecule has 0 spiro atoms. The third-order valence-corrected chi connectivity index (χ3v) is 3.13. The molecule has 7 heteroatoms. The van der Waals surface area contributed by atoms with Crippen molar-refractivity contribution < 1.29 is 24.5 Å². The zero-order valence-electron chi connectivity index (χ0n) is 10.7. The van der Waals surface area contributed by atoms with Crippen molar-refractivity contribution in [2.75, 3.05) is 13.2 Å². The first-order valence-electron chi connectivity index (χ1n) is 6.30. The van der Waals surface area contributed by atoms with Gasteiger partial charge in [0.05, 0.1) is 24.2 Å². The SMILES string of the molecule is O=C(O)Cn1c(CO)nc2cc3c(cc21)OCCCO3. The van der Waals surface area contributed by atoms with Crippen molar-refractivity contribution in [2.24, 2.45) is 0 Å². The van der Waals surface area contributed by atoms with Crippen LogP contribution in [0.3, 0.4) is 0 Å². The van der Waals surface area contributed by atoms with E-state index in [1.807, 2.05) is 0 Å². The number of aromatic nitrogens is 2. The van der Waals surface area contributed by atoms with E-state index in [9.17, 15) is 9.90 Å². The number of carboxylic acid groups (broad SMARTS) is 1. The topological polar surface area (TPSA) is 93.8 Å². The van der Waals surface area contributed by atoms with Crippen molar-refractivity contribution in [2.45, 2.75) is 19.6 Å². The van der Waals surface area contributed by atoms with Gasteiger partial charge in [0, 0.05) is 18.6 Å². The van der Waals surface area contributed by atoms with Gasteiger partial charge in [-0.25, -0.2) is 4.98 Å². The van der Waals surface area contributed by atoms with Crippen LogP contribution in [-0.4, -0.2) is 38.9 Å². The van der Waals surface area contributed by atoms with Gasteiger partial charge in [0.2, 0.25) is 0 Å². The lowest BCUT2D eigenvalue weighted by Gasteiger charge is -2.08. The van der Waals surface area contributed by atoms with Crippen LogP contribution in [0, 0.1) is 0 Å². The summed E-state index contributed by atoms with van der Waals surface area (Å²) in [4.78, 5) is 15.2. The third-order valence-electron chi connectivity index (χ3n) is 3.13. The van der Waals surface area contributed by atoms with E-state index in [0.717, 1.165) is 6.42 Å². The highest BCUT2D eigenvalue weighted by molar-refractivity contribution is 5.82. The van der Waals surface area contributed by atoms with Crippen LogP contribution >= 0.6 is 0 Å². The summed E-state index contributed by atoms with van der Waals surface area (Å²) in [6.07, 6.45) is 0.795. The number of ether oxygens (including phenoxy) is 2. The number of hydrogen-bond donors (Lipinski definition) is 2. The van der Waals surface area contributed by atoms with Crippen LogP contribution in [0.5, 0.6) is 11.5 Å². The number of fused-ring (bicyclic) bond motifs is 2. The first-order chi connectivity index (χ1) is 9.69. The number of carboxylic acids is 1. The van der Waals surface area contributed by atoms with E-state index < -0.39 is 5.97 Å². The fourth-order valence-electron chi connectivity index (χ4n) is 2.26. The van der Waals surface area contributed by atoms with Gasteiger partial charge in [0.1, 0.15) is 19.0 Å². The predicted molar refractivity (Wildman–Crippen MR) is 68.9 cm³/mol. The Kier molecular flexibility index (Phi) is 3.19. The molecule has 0 saturated carbocycles. The molecular formula is C13H14N2O5. The molecule has 2 aromatic rings. The number of hydrogen-bond acceptors (Lipinski definition) is 5. The smallest absolute Gasteiger partial charge is 0.323 e. The average Bonchev–Trinajstić information content (AvgIpc) is 2.60. The summed E-state index contributed by atoms with van der Waals surface area (Å²) in [5.74, 6) is 0.485. The Morgan fingerprint density at radius 3 is 2.65 bits per heavy atom. The Bertz CT molecular complexity index is 664. The number of aliphatic hydroxyl groups excluding tert-OH is 1. The Hall–Kier alpha value is -2.28. The van der Waals surface area contributed by atoms with E-state index in [1.54, 1.807) is 12.1 Å². The Morgan fingerprint density at radius 1 is 1.30 bits per heavy atom. The maximum absolute atomic E-state index is 10.9. The largest absolute Gasteiger partial charge is 0.489 e. The minimum absolute atomic E-state index is 0.258. The van der Waals surface area contributed by atoms with Crippen LogP contribution < -0.4 is 9.47 Å². The maximum atomic E-state index is 10.9. The lowest BCUT2D eigenvalue weighted by molar-refractivity contribution is -0.137. The monoisotopic (exact) mass is 278 g/mol. The van der Waals surface area contributed by atoms with E-state index in [1.165, 1.54) is 4.57 Å². The van der Waals surface area contributed by atoms with Gasteiger partial charge in [-0.2, -0.15) is 0 Å². The van der Waals surface area contributed by atoms with Crippen LogP contribution in [-0.2, 0) is 17.9 Å². The zero-order chi connectivity index (χ0) is 14.1. The van der Waals surface area contributed by atoms with Crippen molar-refractivity contribution in [3.8, 4) is 11.5 Å². The molecule has 1 aromatic carbocycles. The molecule has 1 aliphatic rings. The van der Waals surface area contributed by atoms with Gasteiger partial charge in [-0.05, 0) is 0 Å². The number of imidazole rings is 1. The summed E-state index contributed by atoms with van der Waals surface area (Å²) in [5.41, 5.74) is 1.19. The second kappa shape index (κ2) is 5.01. The number of aliphatic carboxylic acids is 1. The van der Waals surface area contributed by atoms with Crippen LogP contribution in [0.1, 0.15) is 12.2 Å². The van der Waals surface area contributed by atoms with Crippen LogP contribution in [0.15, 0.2) is 12.1 Å². The molecule has 7 nitrogen and oxygen atoms in total. The number of benzene rings is 1. The third kappa shape index (κ3) is 2.16. The molecule has 3 rings (SSSR count). The van der Waals surface area contributed by atoms with Crippen molar-refractivity contribution in [1.29, 1.82) is 0 Å². The standard InChI is InChI=1S/C13H14N2O5/c16-7-12-14-8-4-10-11(20-3-1-2-19-10)5-9(8)15(12)6-13(17)18/h4-5,16H,1-3,6-7H2,(H,17,18). The molecule has 0 amide bonds. The fraction of sp³-hybridized carbons (Fsp3) is 0.385. The normalized spacial score (nSPS) is 14.2. The van der Waals surface area contributed by atoms with Crippen molar-refractivity contribution in [3.63, 3.8) is 0 Å². The zero-order valence-corrected chi connectivity index (χ0v) is 10.7. The van der Waals surface area contributed by atoms with E-state index >= 15 is 0 Å². The highest BCUT2D eigenvalue weighted by Gasteiger charge is 2.18. The fourth-order valence-corrected chi connectivity index (χ4v) is 2.26. The molecule has 0 radical (unpaired) electrons. The van der Waals surface area contributed by atoms with Crippen molar-refractivity contribution in [1.82, 2.24) is 9.55 Å². The van der Waals surface area contributed by atoms with Gasteiger partial charge in [0.15, 0.2) is 11.5 Å². The first kappa shape index (κ1) is 12.7. The molecular weight excluding hydrogens is 264 g/mol. The Labute approximate surface area is 114 Å². The lowest BCUT2D eigenvalue weighted by Crippen LogP contribution is -2.11. The van der Waals surface area contributed by atoms with Gasteiger partial charge >= 0.3 is 5.97 Å². The summed E-state index contributed by atoms with van der Waals surface area (Å²) < 4.78 is 12.6. The summed E-state index contributed by atoms with van der Waals surface area (Å²) >= 11 is 0.